The Morgan fingerprint density at radius 2 is 0.613 bits per heavy atom. The standard InChI is InChI=1S/4C19H24N/c2*1-14-8-4-7-11-17(14)19-12-18(15(2)13-20(19)3)16-9-5-6-10-16;2*1-14-8-4-7-11-17(14)19-12-15(2)18(13-20(19)3)16-9-5-6-10-16/h4*4,7-8,11-13,16H,5-6,9-10H2,1-3H3/q4*+1/i2D3,16D;;16D;. The minimum absolute atomic E-state index is 0.319. The van der Waals surface area contributed by atoms with E-state index >= 15 is 0 Å². The van der Waals surface area contributed by atoms with Crippen LogP contribution in [0.4, 0.5) is 0 Å². The Balaban J connectivity index is 0.000000136. The van der Waals surface area contributed by atoms with Gasteiger partial charge in [0, 0.05) is 75.6 Å². The summed E-state index contributed by atoms with van der Waals surface area (Å²) in [5.74, 6) is 0.410. The summed E-state index contributed by atoms with van der Waals surface area (Å²) in [7, 11) is 8.32. The number of hydrogen-bond acceptors (Lipinski definition) is 0. The van der Waals surface area contributed by atoms with E-state index in [0.717, 1.165) is 67.2 Å². The Bertz CT molecular complexity index is 3630. The lowest BCUT2D eigenvalue weighted by atomic mass is 9.92. The van der Waals surface area contributed by atoms with Crippen molar-refractivity contribution in [3.63, 3.8) is 0 Å². The highest BCUT2D eigenvalue weighted by atomic mass is 14.9. The molecule has 4 fully saturated rings. The monoisotopic (exact) mass is 1070 g/mol. The second kappa shape index (κ2) is 26.8. The zero-order chi connectivity index (χ0) is 60.8. The fourth-order valence-corrected chi connectivity index (χ4v) is 13.6. The van der Waals surface area contributed by atoms with Gasteiger partial charge in [0.1, 0.15) is 28.2 Å². The second-order valence-corrected chi connectivity index (χ2v) is 24.1. The highest BCUT2D eigenvalue weighted by molar-refractivity contribution is 5.65. The van der Waals surface area contributed by atoms with E-state index in [1.165, 1.54) is 137 Å². The molecule has 416 valence electrons. The van der Waals surface area contributed by atoms with Crippen molar-refractivity contribution in [2.75, 3.05) is 0 Å². The van der Waals surface area contributed by atoms with Gasteiger partial charge in [0.25, 0.3) is 0 Å². The third-order valence-electron chi connectivity index (χ3n) is 18.2. The molecule has 4 saturated carbocycles. The summed E-state index contributed by atoms with van der Waals surface area (Å²) in [6.45, 7) is 13.1. The maximum atomic E-state index is 8.87. The Morgan fingerprint density at radius 1 is 0.312 bits per heavy atom. The zero-order valence-corrected chi connectivity index (χ0v) is 50.6. The molecule has 0 amide bonds. The molecule has 4 aromatic heterocycles. The fourth-order valence-electron chi connectivity index (χ4n) is 13.6. The van der Waals surface area contributed by atoms with E-state index in [4.69, 9.17) is 6.85 Å². The first-order valence-corrected chi connectivity index (χ1v) is 30.4. The summed E-state index contributed by atoms with van der Waals surface area (Å²) in [5, 5.41) is 0. The highest BCUT2D eigenvalue weighted by Crippen LogP contribution is 2.40. The van der Waals surface area contributed by atoms with Crippen molar-refractivity contribution in [1.82, 2.24) is 0 Å². The quantitative estimate of drug-likeness (QED) is 0.135. The van der Waals surface area contributed by atoms with Gasteiger partial charge in [-0.15, -0.1) is 0 Å². The molecule has 0 saturated heterocycles. The smallest absolute Gasteiger partial charge is 0.201 e. The van der Waals surface area contributed by atoms with Gasteiger partial charge in [0.05, 0.1) is 0 Å². The van der Waals surface area contributed by atoms with E-state index in [2.05, 4.69) is 205 Å². The molecule has 4 heterocycles. The van der Waals surface area contributed by atoms with E-state index in [9.17, 15) is 0 Å². The zero-order valence-electron chi connectivity index (χ0n) is 55.6. The third kappa shape index (κ3) is 13.6. The van der Waals surface area contributed by atoms with Crippen molar-refractivity contribution >= 4 is 0 Å². The average molecular weight is 1070 g/mol. The van der Waals surface area contributed by atoms with E-state index in [0.29, 0.717) is 11.1 Å². The summed E-state index contributed by atoms with van der Waals surface area (Å²) < 4.78 is 50.0. The van der Waals surface area contributed by atoms with Crippen LogP contribution in [0.15, 0.2) is 146 Å². The van der Waals surface area contributed by atoms with Crippen molar-refractivity contribution in [2.24, 2.45) is 28.2 Å². The lowest BCUT2D eigenvalue weighted by Crippen LogP contribution is -2.32. The molecule has 0 spiro atoms. The van der Waals surface area contributed by atoms with Crippen LogP contribution in [0.5, 0.6) is 0 Å². The first-order chi connectivity index (χ1) is 40.6. The maximum absolute atomic E-state index is 8.87. The van der Waals surface area contributed by atoms with Crippen molar-refractivity contribution < 1.29 is 25.1 Å². The summed E-state index contributed by atoms with van der Waals surface area (Å²) in [4.78, 5) is 0. The van der Waals surface area contributed by atoms with Crippen molar-refractivity contribution in [1.29, 1.82) is 0 Å². The fraction of sp³-hybridized carbons (Fsp3) is 0.421. The molecule has 0 aliphatic heterocycles. The van der Waals surface area contributed by atoms with Crippen LogP contribution in [0.3, 0.4) is 0 Å². The summed E-state index contributed by atoms with van der Waals surface area (Å²) >= 11 is 0. The molecule has 0 radical (unpaired) electrons. The first-order valence-electron chi connectivity index (χ1n) is 32.9. The predicted octanol–water partition coefficient (Wildman–Crippen LogP) is 17.8. The summed E-state index contributed by atoms with van der Waals surface area (Å²) in [6, 6.07) is 42.9. The van der Waals surface area contributed by atoms with Gasteiger partial charge in [-0.25, -0.2) is 18.3 Å². The van der Waals surface area contributed by atoms with Crippen molar-refractivity contribution in [3.05, 3.63) is 213 Å². The van der Waals surface area contributed by atoms with Gasteiger partial charge >= 0.3 is 0 Å². The number of hydrogen-bond donors (Lipinski definition) is 0. The molecular weight excluding hydrogens is 969 g/mol. The molecule has 0 unspecified atom stereocenters. The van der Waals surface area contributed by atoms with Gasteiger partial charge in [-0.3, -0.25) is 0 Å². The van der Waals surface area contributed by atoms with Gasteiger partial charge in [-0.1, -0.05) is 124 Å². The topological polar surface area (TPSA) is 15.5 Å². The molecule has 4 nitrogen and oxygen atoms in total. The molecule has 0 atom stereocenters. The van der Waals surface area contributed by atoms with Crippen LogP contribution in [0.25, 0.3) is 45.0 Å². The number of rotatable bonds is 8. The molecule has 0 bridgehead atoms. The molecule has 4 aliphatic rings. The minimum Gasteiger partial charge on any atom is -0.201 e. The minimum atomic E-state index is -2.20. The van der Waals surface area contributed by atoms with Crippen LogP contribution in [0.2, 0.25) is 0 Å². The highest BCUT2D eigenvalue weighted by Gasteiger charge is 2.28. The van der Waals surface area contributed by atoms with E-state index in [1.54, 1.807) is 17.3 Å². The van der Waals surface area contributed by atoms with Gasteiger partial charge in [-0.2, -0.15) is 0 Å². The molecule has 8 aromatic rings. The first kappa shape index (κ1) is 51.6. The Kier molecular flexibility index (Phi) is 17.3. The van der Waals surface area contributed by atoms with Crippen LogP contribution in [0.1, 0.15) is 200 Å². The number of benzene rings is 4. The number of aromatic nitrogens is 4. The van der Waals surface area contributed by atoms with Crippen molar-refractivity contribution in [2.45, 2.75) is 182 Å². The summed E-state index contributed by atoms with van der Waals surface area (Å²) in [6.07, 6.45) is 27.4. The van der Waals surface area contributed by atoms with Gasteiger partial charge in [0.2, 0.25) is 22.8 Å². The molecular formula is C76H96N4+4. The molecule has 80 heavy (non-hydrogen) atoms. The largest absolute Gasteiger partial charge is 0.212 e. The van der Waals surface area contributed by atoms with Crippen molar-refractivity contribution in [3.8, 4) is 45.0 Å². The van der Waals surface area contributed by atoms with Crippen LogP contribution in [-0.2, 0) is 28.2 Å². The van der Waals surface area contributed by atoms with Crippen LogP contribution < -0.4 is 18.3 Å². The van der Waals surface area contributed by atoms with E-state index < -0.39 is 12.7 Å². The molecule has 4 aliphatic carbocycles. The van der Waals surface area contributed by atoms with Gasteiger partial charge in [0.15, 0.2) is 24.8 Å². The van der Waals surface area contributed by atoms with E-state index in [-0.39, 0.29) is 5.89 Å². The SMILES string of the molecule is Cc1ccccc1-c1cc(C)c(C2CCCC2)c[n+]1C.Cc1ccccc1-c1cc(C2CCCC2)c(C)c[n+]1C.[2H]C([2H])([2H])c1c[n+](C)c(-c2ccccc2C)cc1C1([2H])CCCC1.[2H]C1(c2c[n+](C)c(-c3ccccc3C)cc2C)CCCC1. The summed E-state index contributed by atoms with van der Waals surface area (Å²) in [5.41, 5.74) is 24.5. The Labute approximate surface area is 490 Å². The van der Waals surface area contributed by atoms with E-state index in [1.807, 2.05) is 29.8 Å². The number of pyridine rings is 4. The maximum Gasteiger partial charge on any atom is 0.212 e. The lowest BCUT2D eigenvalue weighted by molar-refractivity contribution is -0.661. The number of nitrogens with zero attached hydrogens (tertiary/aromatic N) is 4. The normalized spacial score (nSPS) is 17.6. The molecule has 4 aromatic carbocycles. The number of aryl methyl sites for hydroxylation is 12. The van der Waals surface area contributed by atoms with Gasteiger partial charge < -0.3 is 0 Å². The molecule has 4 heteroatoms. The Morgan fingerprint density at radius 3 is 1.01 bits per heavy atom. The van der Waals surface area contributed by atoms with Gasteiger partial charge in [-0.05, 0) is 199 Å². The van der Waals surface area contributed by atoms with Crippen LogP contribution >= 0.6 is 0 Å². The van der Waals surface area contributed by atoms with Crippen LogP contribution in [-0.4, -0.2) is 0 Å². The lowest BCUT2D eigenvalue weighted by Gasteiger charge is -2.14. The Hall–Kier alpha value is -6.52. The predicted molar refractivity (Wildman–Crippen MR) is 335 cm³/mol. The molecule has 12 rings (SSSR count). The second-order valence-electron chi connectivity index (χ2n) is 24.1. The van der Waals surface area contributed by atoms with Crippen LogP contribution in [0, 0.1) is 55.3 Å². The third-order valence-corrected chi connectivity index (χ3v) is 18.2. The molecule has 0 N–H and O–H groups in total. The average Bonchev–Trinajstić information content (AvgIpc) is 2.20.